The third-order valence-corrected chi connectivity index (χ3v) is 5.33. The van der Waals surface area contributed by atoms with Crippen molar-refractivity contribution in [1.82, 2.24) is 19.8 Å². The number of piperidine rings is 1. The number of carbonyl (C=O) groups is 2. The third-order valence-electron chi connectivity index (χ3n) is 4.52. The highest BCUT2D eigenvalue weighted by molar-refractivity contribution is 7.07. The number of aryl methyl sites for hydroxylation is 1. The number of amides is 2. The molecule has 7 nitrogen and oxygen atoms in total. The van der Waals surface area contributed by atoms with Crippen LogP contribution in [0.2, 0.25) is 0 Å². The van der Waals surface area contributed by atoms with Crippen LogP contribution in [-0.2, 0) is 4.79 Å². The van der Waals surface area contributed by atoms with Crippen molar-refractivity contribution in [3.63, 3.8) is 0 Å². The van der Waals surface area contributed by atoms with Crippen LogP contribution in [0.3, 0.4) is 0 Å². The number of nitrogens with zero attached hydrogens (tertiary/aromatic N) is 3. The molecule has 2 aromatic rings. The van der Waals surface area contributed by atoms with Gasteiger partial charge in [-0.1, -0.05) is 4.49 Å². The minimum absolute atomic E-state index is 0.0160. The van der Waals surface area contributed by atoms with Gasteiger partial charge in [0.15, 0.2) is 6.61 Å². The molecule has 1 saturated heterocycles. The van der Waals surface area contributed by atoms with Crippen LogP contribution in [0.15, 0.2) is 24.3 Å². The Balaban J connectivity index is 1.36. The van der Waals surface area contributed by atoms with E-state index in [1.54, 1.807) is 6.92 Å². The lowest BCUT2D eigenvalue weighted by Gasteiger charge is -2.31. The minimum atomic E-state index is -0.349. The van der Waals surface area contributed by atoms with Gasteiger partial charge in [-0.2, -0.15) is 0 Å². The van der Waals surface area contributed by atoms with Crippen LogP contribution in [0.1, 0.15) is 28.2 Å². The maximum atomic E-state index is 12.8. The molecule has 0 aliphatic carbocycles. The summed E-state index contributed by atoms with van der Waals surface area (Å²) in [6.45, 7) is 3.54. The highest BCUT2D eigenvalue weighted by Crippen LogP contribution is 2.20. The molecule has 1 N–H and O–H groups in total. The fraction of sp³-hybridized carbons (Fsp3) is 0.444. The van der Waals surface area contributed by atoms with E-state index in [9.17, 15) is 14.0 Å². The van der Waals surface area contributed by atoms with E-state index in [0.29, 0.717) is 41.9 Å². The zero-order valence-electron chi connectivity index (χ0n) is 15.0. The third kappa shape index (κ3) is 5.22. The predicted octanol–water partition coefficient (Wildman–Crippen LogP) is 2.03. The molecule has 0 radical (unpaired) electrons. The topological polar surface area (TPSA) is 84.4 Å². The van der Waals surface area contributed by atoms with Gasteiger partial charge in [-0.25, -0.2) is 4.39 Å². The summed E-state index contributed by atoms with van der Waals surface area (Å²) in [5.41, 5.74) is 0.667. The number of nitrogens with one attached hydrogen (secondary N) is 1. The highest BCUT2D eigenvalue weighted by Gasteiger charge is 2.26. The van der Waals surface area contributed by atoms with Gasteiger partial charge in [-0.3, -0.25) is 9.59 Å². The number of carbonyl (C=O) groups excluding carboxylic acids is 2. The summed E-state index contributed by atoms with van der Waals surface area (Å²) >= 11 is 1.13. The first-order chi connectivity index (χ1) is 13.0. The van der Waals surface area contributed by atoms with Crippen LogP contribution >= 0.6 is 11.5 Å². The normalized spacial score (nSPS) is 14.8. The van der Waals surface area contributed by atoms with Gasteiger partial charge >= 0.3 is 0 Å². The van der Waals surface area contributed by atoms with Gasteiger partial charge < -0.3 is 15.0 Å². The van der Waals surface area contributed by atoms with Crippen LogP contribution in [0.4, 0.5) is 4.39 Å². The largest absolute Gasteiger partial charge is 0.484 e. The lowest BCUT2D eigenvalue weighted by Crippen LogP contribution is -2.42. The Bertz CT molecular complexity index is 788. The molecule has 0 bridgehead atoms. The Kier molecular flexibility index (Phi) is 6.33. The fourth-order valence-corrected chi connectivity index (χ4v) is 3.53. The van der Waals surface area contributed by atoms with Crippen LogP contribution < -0.4 is 10.1 Å². The molecule has 2 heterocycles. The quantitative estimate of drug-likeness (QED) is 0.813. The van der Waals surface area contributed by atoms with E-state index in [4.69, 9.17) is 4.74 Å². The van der Waals surface area contributed by atoms with Crippen molar-refractivity contribution in [2.24, 2.45) is 5.92 Å². The van der Waals surface area contributed by atoms with Crippen molar-refractivity contribution in [1.29, 1.82) is 0 Å². The van der Waals surface area contributed by atoms with Crippen LogP contribution in [0.5, 0.6) is 5.75 Å². The first-order valence-corrected chi connectivity index (χ1v) is 9.53. The molecule has 1 aromatic heterocycles. The first-order valence-electron chi connectivity index (χ1n) is 8.76. The van der Waals surface area contributed by atoms with E-state index in [1.165, 1.54) is 24.3 Å². The zero-order valence-corrected chi connectivity index (χ0v) is 15.8. The molecule has 3 rings (SSSR count). The summed E-state index contributed by atoms with van der Waals surface area (Å²) < 4.78 is 22.0. The molecule has 1 aromatic carbocycles. The summed E-state index contributed by atoms with van der Waals surface area (Å²) in [5.74, 6) is 0.191. The molecule has 9 heteroatoms. The Hall–Kier alpha value is -2.55. The second-order valence-electron chi connectivity index (χ2n) is 6.47. The maximum absolute atomic E-state index is 12.8. The number of aromatic nitrogens is 2. The van der Waals surface area contributed by atoms with Gasteiger partial charge in [0.05, 0.1) is 5.69 Å². The van der Waals surface area contributed by atoms with Gasteiger partial charge in [0, 0.05) is 19.6 Å². The van der Waals surface area contributed by atoms with Crippen molar-refractivity contribution >= 4 is 23.3 Å². The van der Waals surface area contributed by atoms with Crippen LogP contribution in [-0.4, -0.2) is 52.5 Å². The number of likely N-dealkylation sites (tertiary alicyclic amines) is 1. The van der Waals surface area contributed by atoms with Gasteiger partial charge in [-0.15, -0.1) is 5.10 Å². The minimum Gasteiger partial charge on any atom is -0.484 e. The Morgan fingerprint density at radius 2 is 2.00 bits per heavy atom. The number of benzene rings is 1. The molecule has 1 aliphatic rings. The highest BCUT2D eigenvalue weighted by atomic mass is 32.1. The molecule has 0 atom stereocenters. The van der Waals surface area contributed by atoms with Gasteiger partial charge in [0.1, 0.15) is 16.4 Å². The van der Waals surface area contributed by atoms with E-state index in [0.717, 1.165) is 24.4 Å². The van der Waals surface area contributed by atoms with Gasteiger partial charge in [0.25, 0.3) is 11.8 Å². The number of rotatable bonds is 6. The van der Waals surface area contributed by atoms with E-state index >= 15 is 0 Å². The molecule has 0 saturated carbocycles. The van der Waals surface area contributed by atoms with Crippen molar-refractivity contribution in [3.05, 3.63) is 40.7 Å². The standard InChI is InChI=1S/C18H21FN4O3S/c1-12-17(27-22-21-12)18(25)23-8-6-13(7-9-23)10-20-16(24)11-26-15-4-2-14(19)3-5-15/h2-5,13H,6-11H2,1H3,(H,20,24). The van der Waals surface area contributed by atoms with Crippen molar-refractivity contribution in [3.8, 4) is 5.75 Å². The van der Waals surface area contributed by atoms with E-state index < -0.39 is 0 Å². The zero-order chi connectivity index (χ0) is 19.2. The van der Waals surface area contributed by atoms with Crippen molar-refractivity contribution < 1.29 is 18.7 Å². The SMILES string of the molecule is Cc1nnsc1C(=O)N1CCC(CNC(=O)COc2ccc(F)cc2)CC1. The molecule has 2 amide bonds. The second kappa shape index (κ2) is 8.90. The summed E-state index contributed by atoms with van der Waals surface area (Å²) in [7, 11) is 0. The molecule has 0 spiro atoms. The monoisotopic (exact) mass is 392 g/mol. The number of hydrogen-bond acceptors (Lipinski definition) is 6. The lowest BCUT2D eigenvalue weighted by molar-refractivity contribution is -0.123. The summed E-state index contributed by atoms with van der Waals surface area (Å²) in [4.78, 5) is 26.8. The number of hydrogen-bond donors (Lipinski definition) is 1. The molecular formula is C18H21FN4O3S. The van der Waals surface area contributed by atoms with E-state index in [2.05, 4.69) is 14.9 Å². The van der Waals surface area contributed by atoms with Crippen LogP contribution in [0, 0.1) is 18.7 Å². The average Bonchev–Trinajstić information content (AvgIpc) is 3.11. The summed E-state index contributed by atoms with van der Waals surface area (Å²) in [6, 6.07) is 5.53. The van der Waals surface area contributed by atoms with Gasteiger partial charge in [-0.05, 0) is 61.5 Å². The summed E-state index contributed by atoms with van der Waals surface area (Å²) in [6.07, 6.45) is 1.66. The maximum Gasteiger partial charge on any atom is 0.267 e. The Labute approximate surface area is 160 Å². The number of halogens is 1. The van der Waals surface area contributed by atoms with Crippen LogP contribution in [0.25, 0.3) is 0 Å². The molecule has 0 unspecified atom stereocenters. The van der Waals surface area contributed by atoms with Crippen molar-refractivity contribution in [2.75, 3.05) is 26.2 Å². The smallest absolute Gasteiger partial charge is 0.267 e. The van der Waals surface area contributed by atoms with Gasteiger partial charge in [0.2, 0.25) is 0 Å². The number of ether oxygens (including phenoxy) is 1. The Morgan fingerprint density at radius 1 is 1.30 bits per heavy atom. The van der Waals surface area contributed by atoms with Crippen molar-refractivity contribution in [2.45, 2.75) is 19.8 Å². The second-order valence-corrected chi connectivity index (χ2v) is 7.22. The Morgan fingerprint density at radius 3 is 2.63 bits per heavy atom. The molecule has 27 heavy (non-hydrogen) atoms. The first kappa shape index (κ1) is 19.2. The molecule has 1 fully saturated rings. The lowest BCUT2D eigenvalue weighted by atomic mass is 9.96. The molecular weight excluding hydrogens is 371 g/mol. The molecule has 1 aliphatic heterocycles. The van der Waals surface area contributed by atoms with E-state index in [-0.39, 0.29) is 24.2 Å². The van der Waals surface area contributed by atoms with E-state index in [1.807, 2.05) is 4.90 Å². The predicted molar refractivity (Wildman–Crippen MR) is 98.2 cm³/mol. The average molecular weight is 392 g/mol. The molecule has 144 valence electrons. The summed E-state index contributed by atoms with van der Waals surface area (Å²) in [5, 5.41) is 6.74. The fourth-order valence-electron chi connectivity index (χ4n) is 2.90.